The van der Waals surface area contributed by atoms with Gasteiger partial charge in [-0.05, 0) is 6.92 Å². The molecule has 0 aliphatic carbocycles. The summed E-state index contributed by atoms with van der Waals surface area (Å²) in [6.45, 7) is 0.530. The quantitative estimate of drug-likeness (QED) is 0.225. The van der Waals surface area contributed by atoms with E-state index in [0.29, 0.717) is 0 Å². The van der Waals surface area contributed by atoms with Crippen LogP contribution in [0.3, 0.4) is 0 Å². The topological polar surface area (TPSA) is 223 Å². The first-order chi connectivity index (χ1) is 19.5. The molecule has 0 fully saturated rings. The Morgan fingerprint density at radius 3 is 2.24 bits per heavy atom. The number of hydrogen-bond donors (Lipinski definition) is 5. The lowest BCUT2D eigenvalue weighted by Gasteiger charge is -2.27. The van der Waals surface area contributed by atoms with Gasteiger partial charge in [-0.15, -0.1) is 0 Å². The molecule has 5 N–H and O–H groups in total. The van der Waals surface area contributed by atoms with Gasteiger partial charge in [-0.25, -0.2) is 9.59 Å². The molecule has 2 aromatic carbocycles. The van der Waals surface area contributed by atoms with Crippen molar-refractivity contribution in [2.75, 3.05) is 7.11 Å². The first kappa shape index (κ1) is 25.8. The number of hydrogen-bond acceptors (Lipinski definition) is 12. The van der Waals surface area contributed by atoms with Gasteiger partial charge in [0.2, 0.25) is 0 Å². The van der Waals surface area contributed by atoms with Crippen LogP contribution in [0.5, 0.6) is 28.7 Å². The van der Waals surface area contributed by atoms with Crippen LogP contribution in [0.4, 0.5) is 0 Å². The van der Waals surface area contributed by atoms with E-state index in [-0.39, 0.29) is 51.9 Å². The van der Waals surface area contributed by atoms with Gasteiger partial charge in [0.1, 0.15) is 53.3 Å². The highest BCUT2D eigenvalue weighted by Gasteiger charge is 2.42. The predicted molar refractivity (Wildman–Crippen MR) is 134 cm³/mol. The van der Waals surface area contributed by atoms with Crippen LogP contribution in [0.1, 0.15) is 55.0 Å². The van der Waals surface area contributed by atoms with Crippen molar-refractivity contribution in [3.8, 4) is 40.1 Å². The largest absolute Gasteiger partial charge is 0.504 e. The predicted octanol–water partition coefficient (Wildman–Crippen LogP) is 2.76. The van der Waals surface area contributed by atoms with Crippen molar-refractivity contribution in [3.05, 3.63) is 71.9 Å². The third kappa shape index (κ3) is 3.47. The molecule has 0 amide bonds. The Bertz CT molecular complexity index is 1980. The van der Waals surface area contributed by atoms with Crippen molar-refractivity contribution in [2.45, 2.75) is 26.2 Å². The lowest BCUT2D eigenvalue weighted by molar-refractivity contribution is 0.0682. The summed E-state index contributed by atoms with van der Waals surface area (Å²) >= 11 is 0. The van der Waals surface area contributed by atoms with Gasteiger partial charge in [-0.2, -0.15) is 0 Å². The molecule has 210 valence electrons. The average Bonchev–Trinajstić information content (AvgIpc) is 3.07. The van der Waals surface area contributed by atoms with E-state index in [1.165, 1.54) is 20.1 Å². The summed E-state index contributed by atoms with van der Waals surface area (Å²) < 4.78 is 28.7. The van der Waals surface area contributed by atoms with Gasteiger partial charge in [-0.3, -0.25) is 9.59 Å². The van der Waals surface area contributed by atoms with Gasteiger partial charge in [0.25, 0.3) is 0 Å². The lowest BCUT2D eigenvalue weighted by atomic mass is 9.89. The molecule has 1 unspecified atom stereocenters. The van der Waals surface area contributed by atoms with E-state index in [1.807, 2.05) is 0 Å². The number of benzene rings is 2. The van der Waals surface area contributed by atoms with E-state index in [4.69, 9.17) is 23.0 Å². The molecule has 1 atom stereocenters. The molecule has 2 aliphatic rings. The van der Waals surface area contributed by atoms with Gasteiger partial charge in [0.15, 0.2) is 39.6 Å². The molecule has 0 saturated carbocycles. The van der Waals surface area contributed by atoms with Gasteiger partial charge in [0, 0.05) is 19.2 Å². The van der Waals surface area contributed by atoms with Crippen molar-refractivity contribution in [1.29, 1.82) is 0 Å². The molecule has 0 radical (unpaired) electrons. The number of methoxy groups -OCH3 is 1. The highest BCUT2D eigenvalue weighted by Crippen LogP contribution is 2.55. The van der Waals surface area contributed by atoms with Crippen molar-refractivity contribution in [1.82, 2.24) is 0 Å². The summed E-state index contributed by atoms with van der Waals surface area (Å²) in [4.78, 5) is 50.9. The molecule has 2 aromatic heterocycles. The van der Waals surface area contributed by atoms with Crippen molar-refractivity contribution < 1.29 is 58.2 Å². The summed E-state index contributed by atoms with van der Waals surface area (Å²) in [5.41, 5.74) is -4.29. The van der Waals surface area contributed by atoms with Gasteiger partial charge >= 0.3 is 11.9 Å². The number of carboxylic acids is 2. The fourth-order valence-electron chi connectivity index (χ4n) is 5.28. The lowest BCUT2D eigenvalue weighted by Crippen LogP contribution is -2.23. The number of phenolic OH excluding ortho intramolecular Hbond substituents is 1. The SMILES string of the molecule is COC1c2c(c(O)c(C(=O)O)c3c2OCc2c-3oc(C)cc2=O)OCc2oc3cc(O)c(O)c(C(=O)O)c3c(=O)c21. The van der Waals surface area contributed by atoms with Crippen LogP contribution in [-0.4, -0.2) is 44.6 Å². The molecule has 4 aromatic rings. The third-order valence-corrected chi connectivity index (χ3v) is 6.96. The Balaban J connectivity index is 1.76. The third-order valence-electron chi connectivity index (χ3n) is 6.96. The number of fused-ring (bicyclic) bond motifs is 7. The zero-order chi connectivity index (χ0) is 29.5. The van der Waals surface area contributed by atoms with E-state index in [0.717, 1.165) is 6.07 Å². The van der Waals surface area contributed by atoms with Crippen LogP contribution in [0, 0.1) is 6.92 Å². The van der Waals surface area contributed by atoms with Gasteiger partial charge in [-0.1, -0.05) is 0 Å². The van der Waals surface area contributed by atoms with Gasteiger partial charge in [0.05, 0.1) is 27.6 Å². The molecule has 41 heavy (non-hydrogen) atoms. The summed E-state index contributed by atoms with van der Waals surface area (Å²) in [5.74, 6) is -7.08. The molecule has 0 bridgehead atoms. The highest BCUT2D eigenvalue weighted by atomic mass is 16.5. The molecule has 4 heterocycles. The molecule has 2 aliphatic heterocycles. The molecule has 0 spiro atoms. The number of phenols is 3. The number of carboxylic acid groups (broad SMARTS) is 2. The smallest absolute Gasteiger partial charge is 0.340 e. The minimum atomic E-state index is -1.73. The van der Waals surface area contributed by atoms with E-state index < -0.39 is 80.6 Å². The second-order valence-electron chi connectivity index (χ2n) is 9.26. The monoisotopic (exact) mass is 566 g/mol. The summed E-state index contributed by atoms with van der Waals surface area (Å²) in [6.07, 6.45) is -1.51. The number of aryl methyl sites for hydroxylation is 1. The van der Waals surface area contributed by atoms with Crippen molar-refractivity contribution in [3.63, 3.8) is 0 Å². The average molecular weight is 566 g/mol. The number of carbonyl (C=O) groups is 2. The van der Waals surface area contributed by atoms with Gasteiger partial charge < -0.3 is 48.6 Å². The Labute approximate surface area is 226 Å². The minimum Gasteiger partial charge on any atom is -0.504 e. The standard InChI is InChI=1S/C27H18O14/c1-7-3-9(28)8-5-38-24-17(22(8)40-7)16(27(35)36)21(32)25-18(24)23(37-2)14-12(6-39-25)41-11-4-10(29)19(30)15(26(33)34)13(11)20(14)31/h3-4,23,29-30,32H,5-6H2,1-2H3,(H,33,34)(H,35,36). The van der Waals surface area contributed by atoms with E-state index in [9.17, 15) is 44.7 Å². The van der Waals surface area contributed by atoms with E-state index in [1.54, 1.807) is 0 Å². The molecule has 0 saturated heterocycles. The summed E-state index contributed by atoms with van der Waals surface area (Å²) in [7, 11) is 1.18. The van der Waals surface area contributed by atoms with Crippen molar-refractivity contribution >= 4 is 22.9 Å². The van der Waals surface area contributed by atoms with Crippen LogP contribution in [-0.2, 0) is 18.0 Å². The maximum absolute atomic E-state index is 13.9. The Hall–Kier alpha value is -5.50. The molecule has 14 nitrogen and oxygen atoms in total. The normalized spacial score (nSPS) is 15.0. The fourth-order valence-corrected chi connectivity index (χ4v) is 5.28. The van der Waals surface area contributed by atoms with E-state index >= 15 is 0 Å². The van der Waals surface area contributed by atoms with Crippen LogP contribution >= 0.6 is 0 Å². The van der Waals surface area contributed by atoms with Crippen LogP contribution in [0.2, 0.25) is 0 Å². The second-order valence-corrected chi connectivity index (χ2v) is 9.26. The highest BCUT2D eigenvalue weighted by molar-refractivity contribution is 6.06. The fraction of sp³-hybridized carbons (Fsp3) is 0.185. The number of aromatic hydroxyl groups is 3. The molecule has 6 rings (SSSR count). The number of aromatic carboxylic acids is 2. The Morgan fingerprint density at radius 1 is 0.902 bits per heavy atom. The maximum Gasteiger partial charge on any atom is 0.340 e. The van der Waals surface area contributed by atoms with Crippen LogP contribution in [0.15, 0.2) is 30.6 Å². The molecular weight excluding hydrogens is 548 g/mol. The summed E-state index contributed by atoms with van der Waals surface area (Å²) in [6, 6.07) is 2.04. The Morgan fingerprint density at radius 2 is 1.59 bits per heavy atom. The number of rotatable bonds is 3. The van der Waals surface area contributed by atoms with E-state index in [2.05, 4.69) is 0 Å². The maximum atomic E-state index is 13.9. The summed E-state index contributed by atoms with van der Waals surface area (Å²) in [5, 5.41) is 50.7. The minimum absolute atomic E-state index is 0.0132. The van der Waals surface area contributed by atoms with Crippen molar-refractivity contribution in [2.24, 2.45) is 0 Å². The zero-order valence-corrected chi connectivity index (χ0v) is 21.1. The first-order valence-electron chi connectivity index (χ1n) is 11.8. The zero-order valence-electron chi connectivity index (χ0n) is 21.1. The molecular formula is C27H18O14. The number of ether oxygens (including phenoxy) is 3. The molecule has 14 heteroatoms. The Kier molecular flexibility index (Phi) is 5.50. The van der Waals surface area contributed by atoms with Crippen LogP contribution < -0.4 is 20.3 Å². The first-order valence-corrected chi connectivity index (χ1v) is 11.8. The van der Waals surface area contributed by atoms with Crippen LogP contribution in [0.25, 0.3) is 22.3 Å². The second kappa shape index (κ2) is 8.76.